The minimum absolute atomic E-state index is 0.0179. The highest BCUT2D eigenvalue weighted by Gasteiger charge is 2.31. The lowest BCUT2D eigenvalue weighted by atomic mass is 10.1. The van der Waals surface area contributed by atoms with Crippen molar-refractivity contribution in [3.05, 3.63) is 41.5 Å². The summed E-state index contributed by atoms with van der Waals surface area (Å²) in [5.41, 5.74) is 1.65. The van der Waals surface area contributed by atoms with Gasteiger partial charge in [0.1, 0.15) is 5.82 Å². The van der Waals surface area contributed by atoms with Crippen molar-refractivity contribution >= 4 is 5.91 Å². The van der Waals surface area contributed by atoms with Crippen LogP contribution in [0.25, 0.3) is 0 Å². The Kier molecular flexibility index (Phi) is 4.55. The lowest BCUT2D eigenvalue weighted by Crippen LogP contribution is -2.41. The van der Waals surface area contributed by atoms with Crippen LogP contribution in [-0.4, -0.2) is 47.2 Å². The molecule has 26 heavy (non-hydrogen) atoms. The molecule has 0 aliphatic carbocycles. The van der Waals surface area contributed by atoms with Crippen molar-refractivity contribution in [2.75, 3.05) is 26.9 Å². The number of fused-ring (bicyclic) bond motifs is 2. The summed E-state index contributed by atoms with van der Waals surface area (Å²) in [6.07, 6.45) is 2.67. The molecule has 0 saturated heterocycles. The molecule has 0 bridgehead atoms. The molecular formula is C19H23N3O4. The van der Waals surface area contributed by atoms with Gasteiger partial charge in [-0.1, -0.05) is 0 Å². The number of methoxy groups -OCH3 is 1. The number of hydrogen-bond donors (Lipinski definition) is 0. The zero-order valence-electron chi connectivity index (χ0n) is 15.1. The van der Waals surface area contributed by atoms with Gasteiger partial charge in [-0.15, -0.1) is 0 Å². The van der Waals surface area contributed by atoms with Crippen LogP contribution in [-0.2, 0) is 17.9 Å². The lowest BCUT2D eigenvalue weighted by Gasteiger charge is -2.34. The maximum atomic E-state index is 13.1. The molecule has 7 nitrogen and oxygen atoms in total. The second-order valence-electron chi connectivity index (χ2n) is 6.58. The minimum atomic E-state index is -0.0992. The third-order valence-electron chi connectivity index (χ3n) is 4.92. The fourth-order valence-electron chi connectivity index (χ4n) is 3.56. The SMILES string of the molecule is COCc1cnc2n1CCN(C(=O)c1ccc3c(c1)OCCCO3)[C@@H]2C. The molecular weight excluding hydrogens is 334 g/mol. The van der Waals surface area contributed by atoms with Gasteiger partial charge in [0.2, 0.25) is 0 Å². The highest BCUT2D eigenvalue weighted by atomic mass is 16.5. The molecule has 0 radical (unpaired) electrons. The van der Waals surface area contributed by atoms with E-state index in [-0.39, 0.29) is 11.9 Å². The Morgan fingerprint density at radius 1 is 1.27 bits per heavy atom. The smallest absolute Gasteiger partial charge is 0.254 e. The molecule has 0 fully saturated rings. The van der Waals surface area contributed by atoms with E-state index in [0.29, 0.717) is 50.0 Å². The van der Waals surface area contributed by atoms with Gasteiger partial charge in [-0.2, -0.15) is 0 Å². The Bertz CT molecular complexity index is 817. The molecule has 2 aliphatic heterocycles. The number of aromatic nitrogens is 2. The van der Waals surface area contributed by atoms with E-state index in [4.69, 9.17) is 14.2 Å². The molecule has 2 aromatic rings. The van der Waals surface area contributed by atoms with Crippen LogP contribution in [0.4, 0.5) is 0 Å². The minimum Gasteiger partial charge on any atom is -0.490 e. The average Bonchev–Trinajstić information content (AvgIpc) is 2.91. The first-order valence-electron chi connectivity index (χ1n) is 8.93. The van der Waals surface area contributed by atoms with Crippen LogP contribution in [0.3, 0.4) is 0 Å². The van der Waals surface area contributed by atoms with Crippen molar-refractivity contribution in [3.63, 3.8) is 0 Å². The van der Waals surface area contributed by atoms with Crippen molar-refractivity contribution in [2.45, 2.75) is 32.5 Å². The van der Waals surface area contributed by atoms with Crippen LogP contribution in [0, 0.1) is 0 Å². The fraction of sp³-hybridized carbons (Fsp3) is 0.474. The number of imidazole rings is 1. The van der Waals surface area contributed by atoms with Gasteiger partial charge in [-0.05, 0) is 25.1 Å². The molecule has 138 valence electrons. The second kappa shape index (κ2) is 6.99. The Balaban J connectivity index is 1.58. The molecule has 1 amide bonds. The van der Waals surface area contributed by atoms with E-state index in [1.165, 1.54) is 0 Å². The Morgan fingerprint density at radius 3 is 2.88 bits per heavy atom. The van der Waals surface area contributed by atoms with Gasteiger partial charge in [0.15, 0.2) is 11.5 Å². The van der Waals surface area contributed by atoms with Gasteiger partial charge in [0.05, 0.1) is 37.8 Å². The highest BCUT2D eigenvalue weighted by Crippen LogP contribution is 2.32. The monoisotopic (exact) mass is 357 g/mol. The molecule has 1 atom stereocenters. The Hall–Kier alpha value is -2.54. The number of ether oxygens (including phenoxy) is 3. The summed E-state index contributed by atoms with van der Waals surface area (Å²) in [4.78, 5) is 19.5. The molecule has 0 saturated carbocycles. The number of amides is 1. The molecule has 1 aromatic carbocycles. The van der Waals surface area contributed by atoms with Gasteiger partial charge in [0.25, 0.3) is 5.91 Å². The number of carbonyl (C=O) groups is 1. The third kappa shape index (κ3) is 2.92. The van der Waals surface area contributed by atoms with Crippen molar-refractivity contribution in [1.82, 2.24) is 14.5 Å². The summed E-state index contributed by atoms with van der Waals surface area (Å²) in [5, 5.41) is 0. The summed E-state index contributed by atoms with van der Waals surface area (Å²) < 4.78 is 18.7. The van der Waals surface area contributed by atoms with Crippen LogP contribution in [0.2, 0.25) is 0 Å². The first-order chi connectivity index (χ1) is 12.7. The first kappa shape index (κ1) is 16.9. The summed E-state index contributed by atoms with van der Waals surface area (Å²) in [6, 6.07) is 5.31. The first-order valence-corrected chi connectivity index (χ1v) is 8.93. The Labute approximate surface area is 152 Å². The van der Waals surface area contributed by atoms with Gasteiger partial charge in [-0.3, -0.25) is 4.79 Å². The summed E-state index contributed by atoms with van der Waals surface area (Å²) in [5.74, 6) is 2.22. The van der Waals surface area contributed by atoms with E-state index in [1.807, 2.05) is 24.1 Å². The van der Waals surface area contributed by atoms with Crippen LogP contribution >= 0.6 is 0 Å². The molecule has 7 heteroatoms. The van der Waals surface area contributed by atoms with Crippen molar-refractivity contribution in [2.24, 2.45) is 0 Å². The van der Waals surface area contributed by atoms with E-state index in [9.17, 15) is 4.79 Å². The van der Waals surface area contributed by atoms with Crippen LogP contribution < -0.4 is 9.47 Å². The van der Waals surface area contributed by atoms with E-state index >= 15 is 0 Å². The predicted octanol–water partition coefficient (Wildman–Crippen LogP) is 2.41. The lowest BCUT2D eigenvalue weighted by molar-refractivity contribution is 0.0632. The largest absolute Gasteiger partial charge is 0.490 e. The van der Waals surface area contributed by atoms with Crippen LogP contribution in [0.5, 0.6) is 11.5 Å². The van der Waals surface area contributed by atoms with Gasteiger partial charge in [0, 0.05) is 32.2 Å². The topological polar surface area (TPSA) is 65.8 Å². The molecule has 0 spiro atoms. The normalized spacial score (nSPS) is 19.0. The number of benzene rings is 1. The summed E-state index contributed by atoms with van der Waals surface area (Å²) in [7, 11) is 1.67. The predicted molar refractivity (Wildman–Crippen MR) is 94.4 cm³/mol. The van der Waals surface area contributed by atoms with Crippen LogP contribution in [0.1, 0.15) is 41.3 Å². The van der Waals surface area contributed by atoms with Crippen molar-refractivity contribution in [1.29, 1.82) is 0 Å². The van der Waals surface area contributed by atoms with Crippen LogP contribution in [0.15, 0.2) is 24.4 Å². The van der Waals surface area contributed by atoms with E-state index in [0.717, 1.165) is 17.9 Å². The molecule has 2 aliphatic rings. The molecule has 4 rings (SSSR count). The quantitative estimate of drug-likeness (QED) is 0.844. The zero-order valence-corrected chi connectivity index (χ0v) is 15.1. The third-order valence-corrected chi connectivity index (χ3v) is 4.92. The molecule has 0 N–H and O–H groups in total. The van der Waals surface area contributed by atoms with E-state index < -0.39 is 0 Å². The van der Waals surface area contributed by atoms with E-state index in [1.54, 1.807) is 19.2 Å². The average molecular weight is 357 g/mol. The van der Waals surface area contributed by atoms with Gasteiger partial charge < -0.3 is 23.7 Å². The number of carbonyl (C=O) groups excluding carboxylic acids is 1. The molecule has 3 heterocycles. The summed E-state index contributed by atoms with van der Waals surface area (Å²) >= 11 is 0. The second-order valence-corrected chi connectivity index (χ2v) is 6.58. The zero-order chi connectivity index (χ0) is 18.1. The van der Waals surface area contributed by atoms with E-state index in [2.05, 4.69) is 9.55 Å². The van der Waals surface area contributed by atoms with Gasteiger partial charge in [-0.25, -0.2) is 4.98 Å². The maximum absolute atomic E-state index is 13.1. The summed E-state index contributed by atoms with van der Waals surface area (Å²) in [6.45, 7) is 5.12. The standard InChI is InChI=1S/C19H23N3O4/c1-13-18-20-11-15(12-24-2)22(18)7-6-21(13)19(23)14-4-5-16-17(10-14)26-9-3-8-25-16/h4-5,10-11,13H,3,6-9,12H2,1-2H3/t13-/m1/s1. The fourth-order valence-corrected chi connectivity index (χ4v) is 3.56. The van der Waals surface area contributed by atoms with Crippen molar-refractivity contribution < 1.29 is 19.0 Å². The molecule has 1 aromatic heterocycles. The highest BCUT2D eigenvalue weighted by molar-refractivity contribution is 5.95. The maximum Gasteiger partial charge on any atom is 0.254 e. The Morgan fingerprint density at radius 2 is 2.08 bits per heavy atom. The number of hydrogen-bond acceptors (Lipinski definition) is 5. The van der Waals surface area contributed by atoms with Crippen molar-refractivity contribution in [3.8, 4) is 11.5 Å². The molecule has 0 unspecified atom stereocenters. The number of rotatable bonds is 3. The van der Waals surface area contributed by atoms with Gasteiger partial charge >= 0.3 is 0 Å². The number of nitrogens with zero attached hydrogens (tertiary/aromatic N) is 3.